The maximum atomic E-state index is 12.1. The highest BCUT2D eigenvalue weighted by molar-refractivity contribution is 7.13. The first-order valence-corrected chi connectivity index (χ1v) is 9.61. The molecule has 0 radical (unpaired) electrons. The molecule has 142 valence electrons. The van der Waals surface area contributed by atoms with Gasteiger partial charge in [-0.3, -0.25) is 9.59 Å². The van der Waals surface area contributed by atoms with E-state index in [2.05, 4.69) is 27.8 Å². The molecular formula is C17H26N5O3S+. The Hall–Kier alpha value is -2.26. The van der Waals surface area contributed by atoms with Gasteiger partial charge < -0.3 is 20.0 Å². The van der Waals surface area contributed by atoms with Crippen LogP contribution in [0.3, 0.4) is 0 Å². The summed E-state index contributed by atoms with van der Waals surface area (Å²) in [5.41, 5.74) is 0. The van der Waals surface area contributed by atoms with Crippen molar-refractivity contribution in [3.63, 3.8) is 0 Å². The van der Waals surface area contributed by atoms with Crippen LogP contribution in [-0.4, -0.2) is 47.7 Å². The Morgan fingerprint density at radius 1 is 1.31 bits per heavy atom. The van der Waals surface area contributed by atoms with Gasteiger partial charge >= 0.3 is 0 Å². The molecule has 0 aliphatic rings. The molecule has 0 aliphatic heterocycles. The molecule has 0 bridgehead atoms. The Balaban J connectivity index is 1.86. The van der Waals surface area contributed by atoms with E-state index < -0.39 is 0 Å². The zero-order chi connectivity index (χ0) is 18.9. The van der Waals surface area contributed by atoms with Gasteiger partial charge in [0.05, 0.1) is 18.0 Å². The highest BCUT2D eigenvalue weighted by Crippen LogP contribution is 2.22. The van der Waals surface area contributed by atoms with E-state index in [1.54, 1.807) is 0 Å². The van der Waals surface area contributed by atoms with Crippen LogP contribution in [0.5, 0.6) is 0 Å². The Kier molecular flexibility index (Phi) is 7.73. The number of carbonyl (C=O) groups is 2. The summed E-state index contributed by atoms with van der Waals surface area (Å²) in [6.07, 6.45) is 0.919. The van der Waals surface area contributed by atoms with E-state index in [1.165, 1.54) is 11.3 Å². The third-order valence-electron chi connectivity index (χ3n) is 3.51. The molecule has 8 nitrogen and oxygen atoms in total. The van der Waals surface area contributed by atoms with Crippen molar-refractivity contribution in [2.24, 2.45) is 0 Å². The van der Waals surface area contributed by atoms with Crippen LogP contribution in [-0.2, 0) is 16.1 Å². The molecule has 26 heavy (non-hydrogen) atoms. The molecule has 0 saturated heterocycles. The first-order valence-electron chi connectivity index (χ1n) is 8.73. The van der Waals surface area contributed by atoms with E-state index in [0.717, 1.165) is 22.7 Å². The molecule has 9 heteroatoms. The molecule has 2 rings (SSSR count). The Bertz CT molecular complexity index is 699. The van der Waals surface area contributed by atoms with Crippen molar-refractivity contribution in [2.75, 3.05) is 19.6 Å². The van der Waals surface area contributed by atoms with Crippen LogP contribution in [0.4, 0.5) is 0 Å². The topological polar surface area (TPSA) is 102 Å². The minimum Gasteiger partial charge on any atom is -0.414 e. The number of quaternary nitrogens is 1. The summed E-state index contributed by atoms with van der Waals surface area (Å²) in [6.45, 7) is 7.31. The van der Waals surface area contributed by atoms with Gasteiger partial charge in [0.2, 0.25) is 5.91 Å². The fourth-order valence-electron chi connectivity index (χ4n) is 2.47. The SMILES string of the molecule is CCC[NH+](CC(=O)NCC(=O)NC(C)C)Cc1nnc(-c2cccs2)o1. The summed E-state index contributed by atoms with van der Waals surface area (Å²) < 4.78 is 5.70. The summed E-state index contributed by atoms with van der Waals surface area (Å²) in [6, 6.07) is 3.91. The van der Waals surface area contributed by atoms with Gasteiger partial charge in [-0.25, -0.2) is 0 Å². The first kappa shape index (κ1) is 20.1. The maximum absolute atomic E-state index is 12.1. The molecule has 0 aliphatic carbocycles. The zero-order valence-electron chi connectivity index (χ0n) is 15.4. The van der Waals surface area contributed by atoms with Gasteiger partial charge in [-0.05, 0) is 31.7 Å². The summed E-state index contributed by atoms with van der Waals surface area (Å²) in [7, 11) is 0. The number of thiophene rings is 1. The van der Waals surface area contributed by atoms with Crippen LogP contribution < -0.4 is 15.5 Å². The Labute approximate surface area is 157 Å². The van der Waals surface area contributed by atoms with E-state index >= 15 is 0 Å². The normalized spacial score (nSPS) is 12.2. The molecule has 3 N–H and O–H groups in total. The summed E-state index contributed by atoms with van der Waals surface area (Å²) in [4.78, 5) is 25.7. The van der Waals surface area contributed by atoms with Crippen molar-refractivity contribution in [2.45, 2.75) is 39.8 Å². The largest absolute Gasteiger partial charge is 0.414 e. The van der Waals surface area contributed by atoms with E-state index in [1.807, 2.05) is 31.4 Å². The molecule has 2 aromatic rings. The third kappa shape index (κ3) is 6.57. The second-order valence-electron chi connectivity index (χ2n) is 6.33. The highest BCUT2D eigenvalue weighted by atomic mass is 32.1. The third-order valence-corrected chi connectivity index (χ3v) is 4.37. The lowest BCUT2D eigenvalue weighted by Gasteiger charge is -2.16. The molecular weight excluding hydrogens is 354 g/mol. The van der Waals surface area contributed by atoms with E-state index in [9.17, 15) is 9.59 Å². The number of rotatable bonds is 10. The fourth-order valence-corrected chi connectivity index (χ4v) is 3.12. The molecule has 0 saturated carbocycles. The minimum absolute atomic E-state index is 0.0144. The van der Waals surface area contributed by atoms with Crippen LogP contribution in [0.1, 0.15) is 33.1 Å². The summed E-state index contributed by atoms with van der Waals surface area (Å²) >= 11 is 1.54. The molecule has 0 aromatic carbocycles. The van der Waals surface area contributed by atoms with Crippen molar-refractivity contribution in [1.29, 1.82) is 0 Å². The van der Waals surface area contributed by atoms with Gasteiger partial charge in [-0.1, -0.05) is 13.0 Å². The second kappa shape index (κ2) is 10.0. The van der Waals surface area contributed by atoms with Gasteiger partial charge in [0.15, 0.2) is 13.1 Å². The zero-order valence-corrected chi connectivity index (χ0v) is 16.2. The molecule has 0 fully saturated rings. The summed E-state index contributed by atoms with van der Waals surface area (Å²) in [5, 5.41) is 15.5. The molecule has 1 unspecified atom stereocenters. The number of amides is 2. The predicted octanol–water partition coefficient (Wildman–Crippen LogP) is 0.234. The average molecular weight is 380 g/mol. The number of hydrogen-bond donors (Lipinski definition) is 3. The van der Waals surface area contributed by atoms with Crippen molar-refractivity contribution < 1.29 is 18.9 Å². The van der Waals surface area contributed by atoms with E-state index in [-0.39, 0.29) is 30.9 Å². The van der Waals surface area contributed by atoms with Gasteiger partial charge in [0.25, 0.3) is 17.7 Å². The van der Waals surface area contributed by atoms with Crippen LogP contribution in [0.2, 0.25) is 0 Å². The van der Waals surface area contributed by atoms with Crippen molar-refractivity contribution in [3.05, 3.63) is 23.4 Å². The fraction of sp³-hybridized carbons (Fsp3) is 0.529. The lowest BCUT2D eigenvalue weighted by Crippen LogP contribution is -3.12. The highest BCUT2D eigenvalue weighted by Gasteiger charge is 2.19. The van der Waals surface area contributed by atoms with Crippen LogP contribution in [0.25, 0.3) is 10.8 Å². The van der Waals surface area contributed by atoms with Gasteiger partial charge in [-0.15, -0.1) is 21.5 Å². The first-order chi connectivity index (χ1) is 12.5. The van der Waals surface area contributed by atoms with E-state index in [4.69, 9.17) is 4.42 Å². The van der Waals surface area contributed by atoms with Gasteiger partial charge in [0.1, 0.15) is 0 Å². The van der Waals surface area contributed by atoms with Gasteiger partial charge in [0, 0.05) is 6.04 Å². The van der Waals surface area contributed by atoms with Crippen LogP contribution >= 0.6 is 11.3 Å². The lowest BCUT2D eigenvalue weighted by atomic mass is 10.3. The Morgan fingerprint density at radius 2 is 2.12 bits per heavy atom. The predicted molar refractivity (Wildman–Crippen MR) is 98.6 cm³/mol. The number of hydrogen-bond acceptors (Lipinski definition) is 6. The quantitative estimate of drug-likeness (QED) is 0.548. The average Bonchev–Trinajstić information content (AvgIpc) is 3.23. The summed E-state index contributed by atoms with van der Waals surface area (Å²) in [5.74, 6) is 0.635. The van der Waals surface area contributed by atoms with Crippen LogP contribution in [0, 0.1) is 0 Å². The number of carbonyl (C=O) groups excluding carboxylic acids is 2. The Morgan fingerprint density at radius 3 is 2.77 bits per heavy atom. The van der Waals surface area contributed by atoms with Crippen molar-refractivity contribution in [3.8, 4) is 10.8 Å². The molecule has 1 atom stereocenters. The molecule has 2 aromatic heterocycles. The molecule has 0 spiro atoms. The molecule has 2 heterocycles. The van der Waals surface area contributed by atoms with Crippen molar-refractivity contribution >= 4 is 23.2 Å². The van der Waals surface area contributed by atoms with E-state index in [0.29, 0.717) is 18.3 Å². The standard InChI is InChI=1S/C17H25N5O3S/c1-4-7-22(10-15(24)18-9-14(23)19-12(2)3)11-16-20-21-17(25-16)13-6-5-8-26-13/h5-6,8,12H,4,7,9-11H2,1-3H3,(H,18,24)(H,19,23)/p+1. The van der Waals surface area contributed by atoms with Gasteiger partial charge in [-0.2, -0.15) is 0 Å². The minimum atomic E-state index is -0.192. The number of aromatic nitrogens is 2. The number of nitrogens with zero attached hydrogens (tertiary/aromatic N) is 2. The van der Waals surface area contributed by atoms with Crippen LogP contribution in [0.15, 0.2) is 21.9 Å². The second-order valence-corrected chi connectivity index (χ2v) is 7.28. The number of nitrogens with one attached hydrogen (secondary N) is 3. The monoisotopic (exact) mass is 380 g/mol. The van der Waals surface area contributed by atoms with Crippen molar-refractivity contribution in [1.82, 2.24) is 20.8 Å². The smallest absolute Gasteiger partial charge is 0.275 e. The molecule has 2 amide bonds. The lowest BCUT2D eigenvalue weighted by molar-refractivity contribution is -0.907. The maximum Gasteiger partial charge on any atom is 0.275 e.